The number of likely N-dealkylation sites (N-methyl/N-ethyl adjacent to an activating group) is 1. The third-order valence-corrected chi connectivity index (χ3v) is 10.0. The van der Waals surface area contributed by atoms with Gasteiger partial charge in [-0.25, -0.2) is 4.39 Å². The molecule has 0 fully saturated rings. The second-order valence-corrected chi connectivity index (χ2v) is 13.5. The molecule has 3 aromatic rings. The van der Waals surface area contributed by atoms with Crippen LogP contribution in [0.2, 0.25) is 0 Å². The molecule has 0 radical (unpaired) electrons. The van der Waals surface area contributed by atoms with Gasteiger partial charge in [-0.3, -0.25) is 13.9 Å². The quantitative estimate of drug-likeness (QED) is 0.220. The lowest BCUT2D eigenvalue weighted by Gasteiger charge is -2.42. The molecule has 2 N–H and O–H groups in total. The van der Waals surface area contributed by atoms with Crippen LogP contribution >= 0.6 is 10.8 Å². The van der Waals surface area contributed by atoms with Gasteiger partial charge in [-0.05, 0) is 99.3 Å². The van der Waals surface area contributed by atoms with Crippen molar-refractivity contribution in [3.63, 3.8) is 0 Å². The van der Waals surface area contributed by atoms with Crippen molar-refractivity contribution in [2.75, 3.05) is 33.8 Å². The number of hydrogen-bond acceptors (Lipinski definition) is 7. The third kappa shape index (κ3) is 7.77. The van der Waals surface area contributed by atoms with E-state index in [0.29, 0.717) is 42.1 Å². The maximum Gasteiger partial charge on any atom is 0.306 e. The molecule has 0 aliphatic carbocycles. The van der Waals surface area contributed by atoms with E-state index >= 15 is 4.39 Å². The van der Waals surface area contributed by atoms with Crippen LogP contribution in [-0.2, 0) is 22.5 Å². The Bertz CT molecular complexity index is 1430. The largest absolute Gasteiger partial charge is 0.487 e. The molecule has 1 heterocycles. The van der Waals surface area contributed by atoms with Gasteiger partial charge >= 0.3 is 5.97 Å². The summed E-state index contributed by atoms with van der Waals surface area (Å²) in [6, 6.07) is 16.6. The van der Waals surface area contributed by atoms with Crippen molar-refractivity contribution in [2.45, 2.75) is 70.4 Å². The van der Waals surface area contributed by atoms with E-state index in [0.717, 1.165) is 27.8 Å². The first-order valence-corrected chi connectivity index (χ1v) is 16.4. The Morgan fingerprint density at radius 3 is 2.53 bits per heavy atom. The summed E-state index contributed by atoms with van der Waals surface area (Å²) in [6.07, 6.45) is 1.15. The SMILES string of the molecule is CCOC(=O)CC(c1ccc(C)c(CN2C[C@@H](CC)Oc3ccccc3S2(O)O)c1)c1cc(CCN(C)C)c(F)cc1C. The summed E-state index contributed by atoms with van der Waals surface area (Å²) in [5.74, 6) is -0.445. The molecule has 3 aromatic carbocycles. The van der Waals surface area contributed by atoms with Crippen LogP contribution in [0.25, 0.3) is 0 Å². The lowest BCUT2D eigenvalue weighted by atomic mass is 9.83. The van der Waals surface area contributed by atoms with Gasteiger partial charge in [-0.15, -0.1) is 10.8 Å². The van der Waals surface area contributed by atoms with Gasteiger partial charge in [0.25, 0.3) is 0 Å². The van der Waals surface area contributed by atoms with E-state index in [1.54, 1.807) is 35.5 Å². The van der Waals surface area contributed by atoms with Crippen LogP contribution in [-0.4, -0.2) is 64.2 Å². The van der Waals surface area contributed by atoms with Crippen molar-refractivity contribution in [3.05, 3.63) is 93.8 Å². The highest BCUT2D eigenvalue weighted by Gasteiger charge is 2.35. The zero-order valence-corrected chi connectivity index (χ0v) is 26.9. The lowest BCUT2D eigenvalue weighted by molar-refractivity contribution is -0.143. The molecule has 0 spiro atoms. The lowest BCUT2D eigenvalue weighted by Crippen LogP contribution is -2.34. The molecule has 0 saturated carbocycles. The van der Waals surface area contributed by atoms with E-state index in [9.17, 15) is 13.9 Å². The van der Waals surface area contributed by atoms with Gasteiger partial charge in [0.2, 0.25) is 0 Å². The summed E-state index contributed by atoms with van der Waals surface area (Å²) < 4.78 is 51.3. The van der Waals surface area contributed by atoms with Crippen molar-refractivity contribution in [1.29, 1.82) is 0 Å². The minimum atomic E-state index is -3.33. The predicted octanol–water partition coefficient (Wildman–Crippen LogP) is 7.33. The molecule has 43 heavy (non-hydrogen) atoms. The molecule has 1 unspecified atom stereocenters. The Labute approximate surface area is 257 Å². The summed E-state index contributed by atoms with van der Waals surface area (Å²) in [7, 11) is 0.581. The van der Waals surface area contributed by atoms with E-state index in [4.69, 9.17) is 9.47 Å². The monoisotopic (exact) mass is 612 g/mol. The highest BCUT2D eigenvalue weighted by atomic mass is 32.3. The van der Waals surface area contributed by atoms with E-state index in [-0.39, 0.29) is 43.4 Å². The van der Waals surface area contributed by atoms with Crippen LogP contribution in [0.3, 0.4) is 0 Å². The summed E-state index contributed by atoms with van der Waals surface area (Å²) in [5, 5.41) is 0. The fraction of sp³-hybridized carbons (Fsp3) is 0.441. The summed E-state index contributed by atoms with van der Waals surface area (Å²) >= 11 is 0. The number of nitrogens with zero attached hydrogens (tertiary/aromatic N) is 2. The molecule has 0 amide bonds. The van der Waals surface area contributed by atoms with Gasteiger partial charge in [0.15, 0.2) is 0 Å². The maximum absolute atomic E-state index is 15.0. The Morgan fingerprint density at radius 2 is 1.84 bits per heavy atom. The first-order valence-electron chi connectivity index (χ1n) is 14.9. The molecule has 234 valence electrons. The Kier molecular flexibility index (Phi) is 10.9. The molecule has 0 aromatic heterocycles. The summed E-state index contributed by atoms with van der Waals surface area (Å²) in [4.78, 5) is 15.3. The molecular formula is C34H45FN2O5S. The second kappa shape index (κ2) is 14.2. The van der Waals surface area contributed by atoms with E-state index < -0.39 is 10.8 Å². The number of halogens is 1. The standard InChI is InChI=1S/C34H45FN2O5S/c1-7-28-22-37(43(39,40)33-12-10-9-11-32(33)42-28)21-27-18-25(14-13-23(27)3)30(20-34(38)41-8-2)29-19-26(15-16-36(5)6)31(35)17-24(29)4/h9-14,17-19,28,30,39-40H,7-8,15-16,20-22H2,1-6H3/t28-,30?/m1/s1. The van der Waals surface area contributed by atoms with Crippen molar-refractivity contribution < 1.29 is 27.8 Å². The molecule has 1 aliphatic heterocycles. The number of ether oxygens (including phenoxy) is 2. The number of benzene rings is 3. The van der Waals surface area contributed by atoms with E-state index in [1.807, 2.05) is 70.1 Å². The Morgan fingerprint density at radius 1 is 1.09 bits per heavy atom. The van der Waals surface area contributed by atoms with Gasteiger partial charge in [0.1, 0.15) is 22.6 Å². The molecule has 2 atom stereocenters. The summed E-state index contributed by atoms with van der Waals surface area (Å²) in [5.41, 5.74) is 5.04. The van der Waals surface area contributed by atoms with Crippen molar-refractivity contribution >= 4 is 16.7 Å². The fourth-order valence-corrected chi connectivity index (χ4v) is 7.16. The number of carbonyl (C=O) groups excluding carboxylic acids is 1. The molecule has 7 nitrogen and oxygen atoms in total. The third-order valence-electron chi connectivity index (χ3n) is 8.10. The van der Waals surface area contributed by atoms with E-state index in [2.05, 4.69) is 0 Å². The predicted molar refractivity (Wildman–Crippen MR) is 170 cm³/mol. The van der Waals surface area contributed by atoms with Crippen LogP contribution in [0.4, 0.5) is 4.39 Å². The number of hydrogen-bond donors (Lipinski definition) is 2. The molecular weight excluding hydrogens is 567 g/mol. The van der Waals surface area contributed by atoms with Crippen LogP contribution in [0.15, 0.2) is 59.5 Å². The van der Waals surface area contributed by atoms with Gasteiger partial charge in [-0.2, -0.15) is 4.31 Å². The molecule has 1 aliphatic rings. The zero-order chi connectivity index (χ0) is 31.3. The second-order valence-electron chi connectivity index (χ2n) is 11.5. The molecule has 9 heteroatoms. The van der Waals surface area contributed by atoms with Gasteiger partial charge < -0.3 is 14.4 Å². The van der Waals surface area contributed by atoms with Gasteiger partial charge in [0, 0.05) is 19.0 Å². The Hall–Kier alpha value is -2.95. The average Bonchev–Trinajstić information content (AvgIpc) is 3.06. The van der Waals surface area contributed by atoms with Crippen molar-refractivity contribution in [3.8, 4) is 5.75 Å². The van der Waals surface area contributed by atoms with Crippen LogP contribution in [0.1, 0.15) is 66.0 Å². The van der Waals surface area contributed by atoms with E-state index in [1.165, 1.54) is 0 Å². The topological polar surface area (TPSA) is 82.5 Å². The highest BCUT2D eigenvalue weighted by molar-refractivity contribution is 8.22. The smallest absolute Gasteiger partial charge is 0.306 e. The first kappa shape index (κ1) is 33.0. The fourth-order valence-electron chi connectivity index (χ4n) is 5.54. The highest BCUT2D eigenvalue weighted by Crippen LogP contribution is 2.57. The zero-order valence-electron chi connectivity index (χ0n) is 26.1. The first-order chi connectivity index (χ1) is 20.4. The number of carbonyl (C=O) groups is 1. The molecule has 4 rings (SSSR count). The minimum Gasteiger partial charge on any atom is -0.487 e. The number of rotatable bonds is 11. The molecule has 0 saturated heterocycles. The number of para-hydroxylation sites is 1. The van der Waals surface area contributed by atoms with Crippen molar-refractivity contribution in [1.82, 2.24) is 9.21 Å². The van der Waals surface area contributed by atoms with Crippen LogP contribution in [0.5, 0.6) is 5.75 Å². The average molecular weight is 613 g/mol. The van der Waals surface area contributed by atoms with Gasteiger partial charge in [0.05, 0.1) is 19.6 Å². The summed E-state index contributed by atoms with van der Waals surface area (Å²) in [6.45, 7) is 9.26. The maximum atomic E-state index is 15.0. The number of aryl methyl sites for hydroxylation is 2. The normalized spacial score (nSPS) is 18.0. The van der Waals surface area contributed by atoms with Crippen LogP contribution in [0, 0.1) is 19.7 Å². The Balaban J connectivity index is 1.75. The van der Waals surface area contributed by atoms with Gasteiger partial charge in [-0.1, -0.05) is 43.3 Å². The van der Waals surface area contributed by atoms with Crippen molar-refractivity contribution in [2.24, 2.45) is 0 Å². The number of esters is 1. The minimum absolute atomic E-state index is 0.105. The van der Waals surface area contributed by atoms with Crippen LogP contribution < -0.4 is 4.74 Å². The number of fused-ring (bicyclic) bond motifs is 1. The molecule has 0 bridgehead atoms.